The molecule has 1 unspecified atom stereocenters. The van der Waals surface area contributed by atoms with Crippen LogP contribution in [0.25, 0.3) is 6.08 Å². The van der Waals surface area contributed by atoms with Crippen LogP contribution >= 0.6 is 0 Å². The summed E-state index contributed by atoms with van der Waals surface area (Å²) in [5.74, 6) is 2.16. The highest BCUT2D eigenvalue weighted by atomic mass is 32.2. The Labute approximate surface area is 172 Å². The lowest BCUT2D eigenvalue weighted by Gasteiger charge is -2.12. The molecule has 0 saturated heterocycles. The van der Waals surface area contributed by atoms with Crippen molar-refractivity contribution in [3.05, 3.63) is 46.9 Å². The summed E-state index contributed by atoms with van der Waals surface area (Å²) in [7, 11) is 4.78. The number of esters is 1. The third-order valence-electron chi connectivity index (χ3n) is 3.93. The molecule has 0 saturated carbocycles. The fourth-order valence-corrected chi connectivity index (χ4v) is 3.49. The quantitative estimate of drug-likeness (QED) is 0.453. The molecule has 0 radical (unpaired) electrons. The molecule has 0 aliphatic carbocycles. The minimum absolute atomic E-state index is 0.232. The van der Waals surface area contributed by atoms with Gasteiger partial charge in [0.25, 0.3) is 0 Å². The first-order valence-corrected chi connectivity index (χ1v) is 10.0. The Hall–Kier alpha value is -3.00. The van der Waals surface area contributed by atoms with Crippen molar-refractivity contribution in [2.45, 2.75) is 12.7 Å². The molecule has 156 valence electrons. The Morgan fingerprint density at radius 2 is 1.52 bits per heavy atom. The van der Waals surface area contributed by atoms with E-state index in [1.165, 1.54) is 28.3 Å². The second-order valence-corrected chi connectivity index (χ2v) is 7.17. The van der Waals surface area contributed by atoms with E-state index in [4.69, 9.17) is 23.7 Å². The summed E-state index contributed by atoms with van der Waals surface area (Å²) >= 11 is 0. The van der Waals surface area contributed by atoms with E-state index in [0.717, 1.165) is 5.56 Å². The van der Waals surface area contributed by atoms with E-state index < -0.39 is 16.8 Å². The van der Waals surface area contributed by atoms with Gasteiger partial charge in [0.1, 0.15) is 17.2 Å². The summed E-state index contributed by atoms with van der Waals surface area (Å²) in [6.07, 6.45) is 1.68. The molecular formula is C21H24O7S. The van der Waals surface area contributed by atoms with Crippen LogP contribution in [0, 0.1) is 0 Å². The molecule has 2 aromatic rings. The van der Waals surface area contributed by atoms with Gasteiger partial charge in [0.2, 0.25) is 0 Å². The lowest BCUT2D eigenvalue weighted by Crippen LogP contribution is -2.04. The van der Waals surface area contributed by atoms with E-state index in [2.05, 4.69) is 0 Å². The zero-order chi connectivity index (χ0) is 21.4. The van der Waals surface area contributed by atoms with Crippen molar-refractivity contribution < 1.29 is 32.7 Å². The molecule has 0 bridgehead atoms. The van der Waals surface area contributed by atoms with Crippen molar-refractivity contribution in [3.8, 4) is 28.7 Å². The molecule has 0 amide bonds. The largest absolute Gasteiger partial charge is 0.496 e. The van der Waals surface area contributed by atoms with Crippen molar-refractivity contribution in [2.75, 3.05) is 28.4 Å². The van der Waals surface area contributed by atoms with Gasteiger partial charge in [-0.1, -0.05) is 6.07 Å². The topological polar surface area (TPSA) is 80.3 Å². The SMILES string of the molecule is COc1cc(OC)c(/C=C/S(=O)Cc2ccc(OC)c(OC(C)=O)c2)c(OC)c1. The lowest BCUT2D eigenvalue weighted by molar-refractivity contribution is -0.132. The van der Waals surface area contributed by atoms with Gasteiger partial charge in [-0.05, 0) is 23.8 Å². The summed E-state index contributed by atoms with van der Waals surface area (Å²) in [5, 5.41) is 1.56. The number of rotatable bonds is 9. The molecule has 0 fully saturated rings. The van der Waals surface area contributed by atoms with Gasteiger partial charge in [0.05, 0.1) is 50.6 Å². The summed E-state index contributed by atoms with van der Waals surface area (Å²) in [6, 6.07) is 8.52. The number of methoxy groups -OCH3 is 4. The first-order chi connectivity index (χ1) is 13.9. The van der Waals surface area contributed by atoms with Crippen LogP contribution in [0.2, 0.25) is 0 Å². The van der Waals surface area contributed by atoms with E-state index in [0.29, 0.717) is 28.6 Å². The number of carbonyl (C=O) groups is 1. The van der Waals surface area contributed by atoms with Crippen LogP contribution in [-0.4, -0.2) is 38.6 Å². The van der Waals surface area contributed by atoms with E-state index in [1.807, 2.05) is 0 Å². The molecule has 8 heteroatoms. The molecule has 0 aliphatic heterocycles. The minimum atomic E-state index is -1.33. The predicted molar refractivity (Wildman–Crippen MR) is 111 cm³/mol. The average molecular weight is 420 g/mol. The third-order valence-corrected chi connectivity index (χ3v) is 4.99. The number of ether oxygens (including phenoxy) is 5. The van der Waals surface area contributed by atoms with E-state index >= 15 is 0 Å². The van der Waals surface area contributed by atoms with Crippen LogP contribution in [-0.2, 0) is 21.3 Å². The lowest BCUT2D eigenvalue weighted by atomic mass is 10.1. The van der Waals surface area contributed by atoms with Crippen molar-refractivity contribution in [3.63, 3.8) is 0 Å². The second-order valence-electron chi connectivity index (χ2n) is 5.85. The van der Waals surface area contributed by atoms with Crippen molar-refractivity contribution in [1.29, 1.82) is 0 Å². The maximum Gasteiger partial charge on any atom is 0.308 e. The Morgan fingerprint density at radius 1 is 0.897 bits per heavy atom. The van der Waals surface area contributed by atoms with Gasteiger partial charge in [-0.15, -0.1) is 0 Å². The molecule has 0 aromatic heterocycles. The van der Waals surface area contributed by atoms with Crippen LogP contribution in [0.5, 0.6) is 28.7 Å². The summed E-state index contributed by atoms with van der Waals surface area (Å²) in [4.78, 5) is 11.3. The third kappa shape index (κ3) is 5.99. The van der Waals surface area contributed by atoms with E-state index in [1.54, 1.807) is 48.9 Å². The van der Waals surface area contributed by atoms with Crippen LogP contribution in [0.1, 0.15) is 18.1 Å². The first-order valence-electron chi connectivity index (χ1n) is 8.62. The highest BCUT2D eigenvalue weighted by molar-refractivity contribution is 7.87. The molecule has 2 rings (SSSR count). The van der Waals surface area contributed by atoms with Crippen LogP contribution in [0.15, 0.2) is 35.7 Å². The molecule has 0 N–H and O–H groups in total. The summed E-state index contributed by atoms with van der Waals surface area (Å²) in [5.41, 5.74) is 1.39. The zero-order valence-electron chi connectivity index (χ0n) is 17.0. The molecule has 7 nitrogen and oxygen atoms in total. The Kier molecular flexibility index (Phi) is 8.09. The normalized spacial score (nSPS) is 11.8. The maximum atomic E-state index is 12.6. The fourth-order valence-electron chi connectivity index (χ4n) is 2.60. The summed E-state index contributed by atoms with van der Waals surface area (Å²) in [6.45, 7) is 1.31. The van der Waals surface area contributed by atoms with Gasteiger partial charge in [0, 0.05) is 24.5 Å². The van der Waals surface area contributed by atoms with Gasteiger partial charge in [0.15, 0.2) is 11.5 Å². The minimum Gasteiger partial charge on any atom is -0.496 e. The maximum absolute atomic E-state index is 12.6. The smallest absolute Gasteiger partial charge is 0.308 e. The van der Waals surface area contributed by atoms with Gasteiger partial charge < -0.3 is 23.7 Å². The van der Waals surface area contributed by atoms with Gasteiger partial charge in [-0.25, -0.2) is 0 Å². The zero-order valence-corrected chi connectivity index (χ0v) is 17.8. The monoisotopic (exact) mass is 420 g/mol. The predicted octanol–water partition coefficient (Wildman–Crippen LogP) is 3.57. The number of hydrogen-bond acceptors (Lipinski definition) is 7. The molecule has 29 heavy (non-hydrogen) atoms. The van der Waals surface area contributed by atoms with E-state index in [9.17, 15) is 9.00 Å². The molecule has 0 heterocycles. The van der Waals surface area contributed by atoms with Crippen molar-refractivity contribution in [2.24, 2.45) is 0 Å². The molecule has 0 spiro atoms. The fraction of sp³-hybridized carbons (Fsp3) is 0.286. The number of hydrogen-bond donors (Lipinski definition) is 0. The Morgan fingerprint density at radius 3 is 2.03 bits per heavy atom. The van der Waals surface area contributed by atoms with Gasteiger partial charge in [-0.2, -0.15) is 0 Å². The highest BCUT2D eigenvalue weighted by Gasteiger charge is 2.12. The molecule has 2 aromatic carbocycles. The average Bonchev–Trinajstić information content (AvgIpc) is 2.71. The highest BCUT2D eigenvalue weighted by Crippen LogP contribution is 2.35. The van der Waals surface area contributed by atoms with Gasteiger partial charge in [-0.3, -0.25) is 9.00 Å². The Bertz CT molecular complexity index is 896. The Balaban J connectivity index is 2.23. The van der Waals surface area contributed by atoms with Crippen molar-refractivity contribution in [1.82, 2.24) is 0 Å². The van der Waals surface area contributed by atoms with Gasteiger partial charge >= 0.3 is 5.97 Å². The first kappa shape index (κ1) is 22.3. The number of carbonyl (C=O) groups excluding carboxylic acids is 1. The van der Waals surface area contributed by atoms with E-state index in [-0.39, 0.29) is 11.5 Å². The van der Waals surface area contributed by atoms with Crippen LogP contribution < -0.4 is 23.7 Å². The number of benzene rings is 2. The summed E-state index contributed by atoms with van der Waals surface area (Å²) < 4.78 is 38.9. The van der Waals surface area contributed by atoms with Crippen molar-refractivity contribution >= 4 is 22.8 Å². The molecule has 1 atom stereocenters. The second kappa shape index (κ2) is 10.5. The van der Waals surface area contributed by atoms with Crippen LogP contribution in [0.4, 0.5) is 0 Å². The standard InChI is InChI=1S/C21H24O7S/c1-14(22)28-21-10-15(6-7-18(21)25-3)13-29(23)9-8-17-19(26-4)11-16(24-2)12-20(17)27-5/h6-12H,13H2,1-5H3/b9-8+. The molecular weight excluding hydrogens is 396 g/mol. The molecule has 0 aliphatic rings. The van der Waals surface area contributed by atoms with Crippen LogP contribution in [0.3, 0.4) is 0 Å².